The maximum absolute atomic E-state index is 13.1. The lowest BCUT2D eigenvalue weighted by atomic mass is 9.90. The Morgan fingerprint density at radius 3 is 2.44 bits per heavy atom. The molecule has 3 heterocycles. The SMILES string of the molecule is Cc1cc(C)n(CC(=O)N2CC[C@H](Oc3ccccc3)[C@@H](CC(=O)N3CCCCC3)C2)n1. The van der Waals surface area contributed by atoms with Gasteiger partial charge in [-0.2, -0.15) is 5.10 Å². The van der Waals surface area contributed by atoms with Crippen molar-refractivity contribution in [1.29, 1.82) is 0 Å². The van der Waals surface area contributed by atoms with E-state index >= 15 is 0 Å². The second-order valence-electron chi connectivity index (χ2n) is 9.09. The maximum atomic E-state index is 13.1. The van der Waals surface area contributed by atoms with Crippen molar-refractivity contribution in [3.05, 3.63) is 47.8 Å². The number of para-hydroxylation sites is 1. The number of likely N-dealkylation sites (tertiary alicyclic amines) is 2. The highest BCUT2D eigenvalue weighted by Gasteiger charge is 2.35. The molecular formula is C25H34N4O3. The van der Waals surface area contributed by atoms with E-state index in [9.17, 15) is 9.59 Å². The van der Waals surface area contributed by atoms with Crippen molar-refractivity contribution in [2.75, 3.05) is 26.2 Å². The van der Waals surface area contributed by atoms with E-state index < -0.39 is 0 Å². The Kier molecular flexibility index (Phi) is 7.12. The molecule has 2 aliphatic rings. The van der Waals surface area contributed by atoms with Crippen LogP contribution >= 0.6 is 0 Å². The molecule has 0 aliphatic carbocycles. The van der Waals surface area contributed by atoms with Crippen LogP contribution < -0.4 is 4.74 Å². The summed E-state index contributed by atoms with van der Waals surface area (Å²) in [5.74, 6) is 1.02. The summed E-state index contributed by atoms with van der Waals surface area (Å²) >= 11 is 0. The molecule has 2 aromatic rings. The van der Waals surface area contributed by atoms with Gasteiger partial charge in [-0.05, 0) is 51.3 Å². The number of hydrogen-bond donors (Lipinski definition) is 0. The van der Waals surface area contributed by atoms with Crippen LogP contribution in [-0.4, -0.2) is 63.7 Å². The molecule has 2 amide bonds. The number of aryl methyl sites for hydroxylation is 2. The number of hydrogen-bond acceptors (Lipinski definition) is 4. The summed E-state index contributed by atoms with van der Waals surface area (Å²) in [5, 5.41) is 4.43. The minimum absolute atomic E-state index is 0.0252. The molecule has 7 heteroatoms. The van der Waals surface area contributed by atoms with Crippen LogP contribution in [0.2, 0.25) is 0 Å². The summed E-state index contributed by atoms with van der Waals surface area (Å²) < 4.78 is 8.06. The van der Waals surface area contributed by atoms with Crippen LogP contribution in [0.25, 0.3) is 0 Å². The first-order valence-corrected chi connectivity index (χ1v) is 11.8. The number of nitrogens with zero attached hydrogens (tertiary/aromatic N) is 4. The van der Waals surface area contributed by atoms with Crippen LogP contribution in [0.4, 0.5) is 0 Å². The molecule has 172 valence electrons. The largest absolute Gasteiger partial charge is 0.490 e. The van der Waals surface area contributed by atoms with E-state index in [0.29, 0.717) is 19.5 Å². The van der Waals surface area contributed by atoms with Crippen LogP contribution in [0.1, 0.15) is 43.5 Å². The lowest BCUT2D eigenvalue weighted by molar-refractivity contribution is -0.140. The summed E-state index contributed by atoms with van der Waals surface area (Å²) in [6, 6.07) is 11.7. The topological polar surface area (TPSA) is 67.7 Å². The van der Waals surface area contributed by atoms with Gasteiger partial charge in [-0.25, -0.2) is 0 Å². The van der Waals surface area contributed by atoms with Crippen LogP contribution in [0, 0.1) is 19.8 Å². The molecule has 32 heavy (non-hydrogen) atoms. The van der Waals surface area contributed by atoms with E-state index in [1.54, 1.807) is 4.68 Å². The molecule has 0 radical (unpaired) electrons. The number of piperidine rings is 2. The standard InChI is InChI=1S/C25H34N4O3/c1-19-15-20(2)29(26-19)18-25(31)28-14-11-23(32-22-9-5-3-6-10-22)21(17-28)16-24(30)27-12-7-4-8-13-27/h3,5-6,9-10,15,21,23H,4,7-8,11-14,16-18H2,1-2H3/t21-,23-/m0/s1. The molecule has 1 aromatic carbocycles. The number of ether oxygens (including phenoxy) is 1. The fourth-order valence-electron chi connectivity index (χ4n) is 4.82. The fraction of sp³-hybridized carbons (Fsp3) is 0.560. The first-order chi connectivity index (χ1) is 15.5. The molecule has 2 fully saturated rings. The summed E-state index contributed by atoms with van der Waals surface area (Å²) in [5.41, 5.74) is 1.89. The van der Waals surface area contributed by atoms with Crippen molar-refractivity contribution in [2.45, 2.75) is 58.6 Å². The van der Waals surface area contributed by atoms with Gasteiger partial charge in [0.2, 0.25) is 11.8 Å². The van der Waals surface area contributed by atoms with Gasteiger partial charge in [0.15, 0.2) is 0 Å². The average Bonchev–Trinajstić information content (AvgIpc) is 3.12. The van der Waals surface area contributed by atoms with Gasteiger partial charge in [-0.3, -0.25) is 14.3 Å². The number of carbonyl (C=O) groups is 2. The molecule has 2 saturated heterocycles. The second-order valence-corrected chi connectivity index (χ2v) is 9.09. The van der Waals surface area contributed by atoms with Crippen molar-refractivity contribution in [3.63, 3.8) is 0 Å². The van der Waals surface area contributed by atoms with E-state index in [-0.39, 0.29) is 30.4 Å². The predicted molar refractivity (Wildman–Crippen MR) is 122 cm³/mol. The second kappa shape index (κ2) is 10.2. The quantitative estimate of drug-likeness (QED) is 0.695. The number of amides is 2. The van der Waals surface area contributed by atoms with Crippen LogP contribution in [0.15, 0.2) is 36.4 Å². The van der Waals surface area contributed by atoms with Crippen molar-refractivity contribution in [1.82, 2.24) is 19.6 Å². The third-order valence-corrected chi connectivity index (χ3v) is 6.58. The summed E-state index contributed by atoms with van der Waals surface area (Å²) in [7, 11) is 0. The monoisotopic (exact) mass is 438 g/mol. The Balaban J connectivity index is 1.44. The Bertz CT molecular complexity index is 921. The molecule has 0 saturated carbocycles. The smallest absolute Gasteiger partial charge is 0.244 e. The maximum Gasteiger partial charge on any atom is 0.244 e. The summed E-state index contributed by atoms with van der Waals surface area (Å²) in [6.45, 7) is 6.98. The number of aromatic nitrogens is 2. The Morgan fingerprint density at radius 2 is 1.75 bits per heavy atom. The van der Waals surface area contributed by atoms with Crippen LogP contribution in [-0.2, 0) is 16.1 Å². The average molecular weight is 439 g/mol. The molecule has 4 rings (SSSR count). The molecule has 0 spiro atoms. The Labute approximate surface area is 190 Å². The van der Waals surface area contributed by atoms with Gasteiger partial charge < -0.3 is 14.5 Å². The van der Waals surface area contributed by atoms with E-state index in [1.807, 2.05) is 60.0 Å². The zero-order valence-electron chi connectivity index (χ0n) is 19.2. The van der Waals surface area contributed by atoms with E-state index in [0.717, 1.165) is 49.5 Å². The number of carbonyl (C=O) groups excluding carboxylic acids is 2. The van der Waals surface area contributed by atoms with E-state index in [1.165, 1.54) is 6.42 Å². The number of benzene rings is 1. The first kappa shape index (κ1) is 22.4. The normalized spacial score (nSPS) is 21.4. The van der Waals surface area contributed by atoms with Crippen molar-refractivity contribution in [2.24, 2.45) is 5.92 Å². The first-order valence-electron chi connectivity index (χ1n) is 11.8. The zero-order valence-corrected chi connectivity index (χ0v) is 19.2. The third kappa shape index (κ3) is 5.50. The predicted octanol–water partition coefficient (Wildman–Crippen LogP) is 3.20. The van der Waals surface area contributed by atoms with Crippen LogP contribution in [0.5, 0.6) is 5.75 Å². The zero-order chi connectivity index (χ0) is 22.5. The molecular weight excluding hydrogens is 404 g/mol. The van der Waals surface area contributed by atoms with Gasteiger partial charge in [-0.15, -0.1) is 0 Å². The van der Waals surface area contributed by atoms with Gasteiger partial charge in [0.25, 0.3) is 0 Å². The molecule has 2 atom stereocenters. The van der Waals surface area contributed by atoms with Gasteiger partial charge in [-0.1, -0.05) is 18.2 Å². The van der Waals surface area contributed by atoms with E-state index in [4.69, 9.17) is 4.74 Å². The lowest BCUT2D eigenvalue weighted by Gasteiger charge is -2.39. The van der Waals surface area contributed by atoms with Gasteiger partial charge in [0, 0.05) is 50.6 Å². The molecule has 1 aromatic heterocycles. The highest BCUT2D eigenvalue weighted by atomic mass is 16.5. The minimum Gasteiger partial charge on any atom is -0.490 e. The number of rotatable bonds is 6. The lowest BCUT2D eigenvalue weighted by Crippen LogP contribution is -2.50. The third-order valence-electron chi connectivity index (χ3n) is 6.58. The molecule has 2 aliphatic heterocycles. The molecule has 0 N–H and O–H groups in total. The van der Waals surface area contributed by atoms with Gasteiger partial charge in [0.05, 0.1) is 5.69 Å². The van der Waals surface area contributed by atoms with Crippen molar-refractivity contribution >= 4 is 11.8 Å². The van der Waals surface area contributed by atoms with Crippen LogP contribution in [0.3, 0.4) is 0 Å². The van der Waals surface area contributed by atoms with Gasteiger partial charge >= 0.3 is 0 Å². The van der Waals surface area contributed by atoms with E-state index in [2.05, 4.69) is 5.10 Å². The highest BCUT2D eigenvalue weighted by Crippen LogP contribution is 2.27. The molecule has 0 unspecified atom stereocenters. The van der Waals surface area contributed by atoms with Crippen molar-refractivity contribution < 1.29 is 14.3 Å². The highest BCUT2D eigenvalue weighted by molar-refractivity contribution is 5.78. The fourth-order valence-corrected chi connectivity index (χ4v) is 4.82. The molecule has 0 bridgehead atoms. The summed E-state index contributed by atoms with van der Waals surface area (Å²) in [4.78, 5) is 30.0. The Morgan fingerprint density at radius 1 is 1.00 bits per heavy atom. The van der Waals surface area contributed by atoms with Crippen molar-refractivity contribution in [3.8, 4) is 5.75 Å². The Hall–Kier alpha value is -2.83. The van der Waals surface area contributed by atoms with Gasteiger partial charge in [0.1, 0.15) is 18.4 Å². The minimum atomic E-state index is -0.0797. The molecule has 7 nitrogen and oxygen atoms in total. The summed E-state index contributed by atoms with van der Waals surface area (Å²) in [6.07, 6.45) is 4.41.